The van der Waals surface area contributed by atoms with Gasteiger partial charge in [0.25, 0.3) is 0 Å². The van der Waals surface area contributed by atoms with Crippen LogP contribution in [0, 0.1) is 5.41 Å². The van der Waals surface area contributed by atoms with Crippen LogP contribution in [0.25, 0.3) is 0 Å². The van der Waals surface area contributed by atoms with Crippen LogP contribution in [0.4, 0.5) is 0 Å². The Morgan fingerprint density at radius 3 is 2.29 bits per heavy atom. The van der Waals surface area contributed by atoms with Crippen molar-refractivity contribution in [2.75, 3.05) is 0 Å². The first-order valence-corrected chi connectivity index (χ1v) is 5.91. The van der Waals surface area contributed by atoms with Crippen LogP contribution in [0.15, 0.2) is 30.3 Å². The van der Waals surface area contributed by atoms with Crippen LogP contribution < -0.4 is 0 Å². The van der Waals surface area contributed by atoms with Gasteiger partial charge in [-0.2, -0.15) is 0 Å². The molecule has 0 bridgehead atoms. The molecule has 1 aliphatic carbocycles. The summed E-state index contributed by atoms with van der Waals surface area (Å²) in [5, 5.41) is 9.43. The standard InChI is InChI=1S/C14H16O3/c15-12-6-8-14(9-7-12,13(16)17)10-11-4-2-1-3-5-11/h1-5H,6-10H2,(H,16,17). The highest BCUT2D eigenvalue weighted by molar-refractivity contribution is 5.84. The van der Waals surface area contributed by atoms with Crippen LogP contribution in [0.2, 0.25) is 0 Å². The summed E-state index contributed by atoms with van der Waals surface area (Å²) < 4.78 is 0. The van der Waals surface area contributed by atoms with Crippen molar-refractivity contribution in [3.8, 4) is 0 Å². The maximum absolute atomic E-state index is 11.5. The molecule has 1 fully saturated rings. The highest BCUT2D eigenvalue weighted by Crippen LogP contribution is 2.38. The van der Waals surface area contributed by atoms with Crippen molar-refractivity contribution in [2.24, 2.45) is 5.41 Å². The minimum Gasteiger partial charge on any atom is -0.481 e. The smallest absolute Gasteiger partial charge is 0.309 e. The van der Waals surface area contributed by atoms with Crippen molar-refractivity contribution in [2.45, 2.75) is 32.1 Å². The number of carboxylic acid groups (broad SMARTS) is 1. The van der Waals surface area contributed by atoms with Crippen LogP contribution in [-0.2, 0) is 16.0 Å². The Morgan fingerprint density at radius 2 is 1.76 bits per heavy atom. The van der Waals surface area contributed by atoms with Crippen molar-refractivity contribution in [3.63, 3.8) is 0 Å². The van der Waals surface area contributed by atoms with Gasteiger partial charge in [-0.1, -0.05) is 30.3 Å². The molecule has 0 saturated heterocycles. The van der Waals surface area contributed by atoms with E-state index in [-0.39, 0.29) is 5.78 Å². The van der Waals surface area contributed by atoms with Gasteiger partial charge in [0.05, 0.1) is 5.41 Å². The predicted octanol–water partition coefficient (Wildman–Crippen LogP) is 2.44. The van der Waals surface area contributed by atoms with E-state index in [1.54, 1.807) is 0 Å². The average Bonchev–Trinajstić information content (AvgIpc) is 2.33. The second kappa shape index (κ2) is 4.70. The molecule has 0 spiro atoms. The van der Waals surface area contributed by atoms with E-state index in [4.69, 9.17) is 0 Å². The molecule has 1 N–H and O–H groups in total. The highest BCUT2D eigenvalue weighted by atomic mass is 16.4. The number of Topliss-reactive ketones (excluding diaryl/α,β-unsaturated/α-hetero) is 1. The molecule has 0 unspecified atom stereocenters. The minimum absolute atomic E-state index is 0.190. The molecule has 0 amide bonds. The average molecular weight is 232 g/mol. The van der Waals surface area contributed by atoms with Crippen molar-refractivity contribution >= 4 is 11.8 Å². The van der Waals surface area contributed by atoms with Gasteiger partial charge < -0.3 is 5.11 Å². The van der Waals surface area contributed by atoms with Gasteiger partial charge in [-0.25, -0.2) is 0 Å². The van der Waals surface area contributed by atoms with E-state index < -0.39 is 11.4 Å². The van der Waals surface area contributed by atoms with E-state index in [1.165, 1.54) is 0 Å². The molecule has 0 radical (unpaired) electrons. The zero-order valence-electron chi connectivity index (χ0n) is 9.69. The summed E-state index contributed by atoms with van der Waals surface area (Å²) in [5.41, 5.74) is 0.291. The summed E-state index contributed by atoms with van der Waals surface area (Å²) in [5.74, 6) is -0.580. The first-order valence-electron chi connectivity index (χ1n) is 5.91. The fourth-order valence-electron chi connectivity index (χ4n) is 2.46. The summed E-state index contributed by atoms with van der Waals surface area (Å²) in [6.07, 6.45) is 2.26. The van der Waals surface area contributed by atoms with Gasteiger partial charge in [0.2, 0.25) is 0 Å². The van der Waals surface area contributed by atoms with Gasteiger partial charge in [-0.3, -0.25) is 9.59 Å². The second-order valence-electron chi connectivity index (χ2n) is 4.79. The molecule has 0 aliphatic heterocycles. The SMILES string of the molecule is O=C1CCC(Cc2ccccc2)(C(=O)O)CC1. The molecule has 1 saturated carbocycles. The van der Waals surface area contributed by atoms with Crippen LogP contribution in [0.1, 0.15) is 31.2 Å². The van der Waals surface area contributed by atoms with Gasteiger partial charge in [-0.15, -0.1) is 0 Å². The zero-order valence-corrected chi connectivity index (χ0v) is 9.69. The summed E-state index contributed by atoms with van der Waals surface area (Å²) in [7, 11) is 0. The lowest BCUT2D eigenvalue weighted by atomic mass is 9.70. The summed E-state index contributed by atoms with van der Waals surface area (Å²) in [6, 6.07) is 9.64. The molecular weight excluding hydrogens is 216 g/mol. The predicted molar refractivity (Wildman–Crippen MR) is 63.7 cm³/mol. The molecule has 1 aromatic carbocycles. The number of rotatable bonds is 3. The van der Waals surface area contributed by atoms with E-state index in [9.17, 15) is 14.7 Å². The van der Waals surface area contributed by atoms with Crippen molar-refractivity contribution in [1.29, 1.82) is 0 Å². The quantitative estimate of drug-likeness (QED) is 0.870. The maximum Gasteiger partial charge on any atom is 0.309 e. The van der Waals surface area contributed by atoms with E-state index in [0.717, 1.165) is 5.56 Å². The van der Waals surface area contributed by atoms with E-state index >= 15 is 0 Å². The highest BCUT2D eigenvalue weighted by Gasteiger charge is 2.41. The molecule has 2 rings (SSSR count). The number of carbonyl (C=O) groups excluding carboxylic acids is 1. The first kappa shape index (κ1) is 11.8. The van der Waals surface area contributed by atoms with Crippen LogP contribution in [0.5, 0.6) is 0 Å². The Hall–Kier alpha value is -1.64. The van der Waals surface area contributed by atoms with Crippen molar-refractivity contribution < 1.29 is 14.7 Å². The molecule has 3 nitrogen and oxygen atoms in total. The monoisotopic (exact) mass is 232 g/mol. The van der Waals surface area contributed by atoms with Crippen molar-refractivity contribution in [3.05, 3.63) is 35.9 Å². The van der Waals surface area contributed by atoms with Gasteiger partial charge in [0.15, 0.2) is 0 Å². The summed E-state index contributed by atoms with van der Waals surface area (Å²) >= 11 is 0. The normalized spacial score (nSPS) is 18.9. The van der Waals surface area contributed by atoms with Gasteiger partial charge >= 0.3 is 5.97 Å². The molecule has 3 heteroatoms. The number of ketones is 1. The first-order chi connectivity index (χ1) is 8.12. The molecule has 90 valence electrons. The maximum atomic E-state index is 11.5. The fourth-order valence-corrected chi connectivity index (χ4v) is 2.46. The van der Waals surface area contributed by atoms with Crippen LogP contribution in [-0.4, -0.2) is 16.9 Å². The third-order valence-electron chi connectivity index (χ3n) is 3.60. The van der Waals surface area contributed by atoms with Gasteiger partial charge in [0.1, 0.15) is 5.78 Å². The summed E-state index contributed by atoms with van der Waals surface area (Å²) in [4.78, 5) is 22.7. The lowest BCUT2D eigenvalue weighted by Gasteiger charge is -2.32. The Bertz CT molecular complexity index is 412. The molecule has 17 heavy (non-hydrogen) atoms. The molecule has 0 heterocycles. The topological polar surface area (TPSA) is 54.4 Å². The number of hydrogen-bond donors (Lipinski definition) is 1. The van der Waals surface area contributed by atoms with Gasteiger partial charge in [-0.05, 0) is 24.8 Å². The van der Waals surface area contributed by atoms with Crippen molar-refractivity contribution in [1.82, 2.24) is 0 Å². The number of carboxylic acids is 1. The molecule has 1 aliphatic rings. The Kier molecular flexibility index (Phi) is 3.27. The number of aliphatic carboxylic acids is 1. The lowest BCUT2D eigenvalue weighted by Crippen LogP contribution is -2.37. The minimum atomic E-state index is -0.770. The summed E-state index contributed by atoms with van der Waals surface area (Å²) in [6.45, 7) is 0. The largest absolute Gasteiger partial charge is 0.481 e. The molecular formula is C14H16O3. The molecule has 0 aromatic heterocycles. The van der Waals surface area contributed by atoms with Gasteiger partial charge in [0, 0.05) is 12.8 Å². The number of carbonyl (C=O) groups is 2. The van der Waals surface area contributed by atoms with E-state index in [1.807, 2.05) is 30.3 Å². The number of hydrogen-bond acceptors (Lipinski definition) is 2. The lowest BCUT2D eigenvalue weighted by molar-refractivity contribution is -0.151. The molecule has 0 atom stereocenters. The second-order valence-corrected chi connectivity index (χ2v) is 4.79. The Morgan fingerprint density at radius 1 is 1.18 bits per heavy atom. The third-order valence-corrected chi connectivity index (χ3v) is 3.60. The van der Waals surface area contributed by atoms with E-state index in [0.29, 0.717) is 32.1 Å². The van der Waals surface area contributed by atoms with E-state index in [2.05, 4.69) is 0 Å². The molecule has 1 aromatic rings. The van der Waals surface area contributed by atoms with Crippen LogP contribution in [0.3, 0.4) is 0 Å². The fraction of sp³-hybridized carbons (Fsp3) is 0.429. The number of benzene rings is 1. The zero-order chi connectivity index (χ0) is 12.3. The van der Waals surface area contributed by atoms with Crippen LogP contribution >= 0.6 is 0 Å². The third kappa shape index (κ3) is 2.54. The Labute approximate surface area is 100 Å². The Balaban J connectivity index is 2.18.